The van der Waals surface area contributed by atoms with E-state index in [4.69, 9.17) is 4.74 Å². The lowest BCUT2D eigenvalue weighted by Gasteiger charge is -2.28. The summed E-state index contributed by atoms with van der Waals surface area (Å²) in [5.41, 5.74) is 4.95. The quantitative estimate of drug-likeness (QED) is 0.240. The van der Waals surface area contributed by atoms with Gasteiger partial charge in [-0.1, -0.05) is 37.3 Å². The van der Waals surface area contributed by atoms with Crippen molar-refractivity contribution in [3.05, 3.63) is 71.1 Å². The molecule has 2 aliphatic rings. The van der Waals surface area contributed by atoms with E-state index in [2.05, 4.69) is 64.2 Å². The van der Waals surface area contributed by atoms with Crippen LogP contribution in [0.1, 0.15) is 67.6 Å². The molecule has 8 nitrogen and oxygen atoms in total. The summed E-state index contributed by atoms with van der Waals surface area (Å²) in [4.78, 5) is 25.9. The lowest BCUT2D eigenvalue weighted by atomic mass is 9.92. The molecule has 6 rings (SSSR count). The molecule has 4 aromatic rings. The van der Waals surface area contributed by atoms with Crippen molar-refractivity contribution in [2.75, 3.05) is 26.7 Å². The molecule has 0 saturated carbocycles. The molecule has 2 aromatic carbocycles. The minimum Gasteiger partial charge on any atom is -0.457 e. The largest absolute Gasteiger partial charge is 0.457 e. The van der Waals surface area contributed by atoms with Crippen LogP contribution in [0, 0.1) is 0 Å². The highest BCUT2D eigenvalue weighted by atomic mass is 32.1. The molecule has 41 heavy (non-hydrogen) atoms. The average molecular weight is 569 g/mol. The molecule has 0 atom stereocenters. The molecule has 212 valence electrons. The van der Waals surface area contributed by atoms with E-state index >= 15 is 0 Å². The smallest absolute Gasteiger partial charge is 0.222 e. The first kappa shape index (κ1) is 27.5. The van der Waals surface area contributed by atoms with Gasteiger partial charge in [-0.2, -0.15) is 0 Å². The number of nitrogens with zero attached hydrogens (tertiary/aromatic N) is 6. The summed E-state index contributed by atoms with van der Waals surface area (Å²) in [5.74, 6) is 2.45. The highest BCUT2D eigenvalue weighted by Gasteiger charge is 2.23. The second-order valence-corrected chi connectivity index (χ2v) is 12.4. The van der Waals surface area contributed by atoms with E-state index in [1.807, 2.05) is 35.2 Å². The lowest BCUT2D eigenvalue weighted by molar-refractivity contribution is -0.128. The van der Waals surface area contributed by atoms with E-state index in [1.165, 1.54) is 0 Å². The minimum absolute atomic E-state index is 0.195. The molecule has 0 bridgehead atoms. The van der Waals surface area contributed by atoms with Crippen molar-refractivity contribution in [2.45, 2.75) is 57.9 Å². The Bertz CT molecular complexity index is 1510. The third kappa shape index (κ3) is 6.31. The maximum Gasteiger partial charge on any atom is 0.222 e. The number of carbonyl (C=O) groups excluding carboxylic acids is 1. The van der Waals surface area contributed by atoms with Crippen LogP contribution in [0.5, 0.6) is 11.5 Å². The number of likely N-dealkylation sites (tertiary alicyclic amines) is 2. The van der Waals surface area contributed by atoms with Gasteiger partial charge in [0.2, 0.25) is 5.91 Å². The Hall–Kier alpha value is -3.69. The van der Waals surface area contributed by atoms with E-state index < -0.39 is 0 Å². The molecule has 0 unspecified atom stereocenters. The number of aromatic nitrogens is 4. The number of carbonyl (C=O) groups is 1. The van der Waals surface area contributed by atoms with Crippen LogP contribution in [-0.2, 0) is 11.3 Å². The third-order valence-electron chi connectivity index (χ3n) is 7.98. The van der Waals surface area contributed by atoms with Gasteiger partial charge in [0, 0.05) is 53.7 Å². The van der Waals surface area contributed by atoms with Gasteiger partial charge in [-0.25, -0.2) is 9.97 Å². The Morgan fingerprint density at radius 2 is 1.76 bits per heavy atom. The van der Waals surface area contributed by atoms with Gasteiger partial charge in [-0.05, 0) is 75.8 Å². The molecule has 0 N–H and O–H groups in total. The van der Waals surface area contributed by atoms with Crippen LogP contribution in [0.2, 0.25) is 0 Å². The highest BCUT2D eigenvalue weighted by molar-refractivity contribution is 7.14. The fraction of sp³-hybridized carbons (Fsp3) is 0.406. The molecule has 0 aliphatic carbocycles. The Morgan fingerprint density at radius 3 is 2.46 bits per heavy atom. The number of piperidine rings is 1. The number of benzene rings is 2. The van der Waals surface area contributed by atoms with Crippen molar-refractivity contribution in [3.63, 3.8) is 0 Å². The predicted molar refractivity (Wildman–Crippen MR) is 161 cm³/mol. The molecule has 0 radical (unpaired) electrons. The van der Waals surface area contributed by atoms with E-state index in [9.17, 15) is 4.79 Å². The zero-order chi connectivity index (χ0) is 28.3. The molecule has 2 aliphatic heterocycles. The fourth-order valence-electron chi connectivity index (χ4n) is 5.45. The first-order valence-corrected chi connectivity index (χ1v) is 15.3. The molecule has 2 saturated heterocycles. The summed E-state index contributed by atoms with van der Waals surface area (Å²) >= 11 is 1.62. The first-order chi connectivity index (χ1) is 19.9. The Labute approximate surface area is 245 Å². The number of hydrogen-bond acceptors (Lipinski definition) is 8. The molecule has 2 aromatic heterocycles. The van der Waals surface area contributed by atoms with Crippen LogP contribution in [0.4, 0.5) is 0 Å². The van der Waals surface area contributed by atoms with Crippen molar-refractivity contribution in [3.8, 4) is 33.3 Å². The van der Waals surface area contributed by atoms with E-state index in [-0.39, 0.29) is 5.91 Å². The van der Waals surface area contributed by atoms with Crippen LogP contribution < -0.4 is 4.74 Å². The zero-order valence-corrected chi connectivity index (χ0v) is 24.7. The van der Waals surface area contributed by atoms with E-state index in [0.717, 1.165) is 88.5 Å². The van der Waals surface area contributed by atoms with Gasteiger partial charge in [-0.3, -0.25) is 4.79 Å². The zero-order valence-electron chi connectivity index (χ0n) is 23.9. The number of hydrogen-bond donors (Lipinski definition) is 0. The van der Waals surface area contributed by atoms with Gasteiger partial charge in [0.05, 0.1) is 5.69 Å². The fourth-order valence-corrected chi connectivity index (χ4v) is 6.30. The molecular weight excluding hydrogens is 532 g/mol. The Morgan fingerprint density at radius 1 is 0.976 bits per heavy atom. The van der Waals surface area contributed by atoms with Crippen LogP contribution in [-0.4, -0.2) is 62.6 Å². The van der Waals surface area contributed by atoms with Gasteiger partial charge in [-0.15, -0.1) is 10.2 Å². The van der Waals surface area contributed by atoms with E-state index in [1.54, 1.807) is 17.7 Å². The van der Waals surface area contributed by atoms with Crippen molar-refractivity contribution < 1.29 is 9.53 Å². The summed E-state index contributed by atoms with van der Waals surface area (Å²) in [7, 11) is 2.17. The third-order valence-corrected chi connectivity index (χ3v) is 9.26. The highest BCUT2D eigenvalue weighted by Crippen LogP contribution is 2.35. The summed E-state index contributed by atoms with van der Waals surface area (Å²) in [5, 5.41) is 10.6. The summed E-state index contributed by atoms with van der Waals surface area (Å²) in [6, 6.07) is 16.3. The molecule has 1 amide bonds. The minimum atomic E-state index is 0.195. The molecule has 0 spiro atoms. The summed E-state index contributed by atoms with van der Waals surface area (Å²) in [6.45, 7) is 7.73. The normalized spacial score (nSPS) is 16.6. The van der Waals surface area contributed by atoms with Gasteiger partial charge in [0.25, 0.3) is 0 Å². The Kier molecular flexibility index (Phi) is 8.07. The van der Waals surface area contributed by atoms with Crippen molar-refractivity contribution >= 4 is 17.2 Å². The van der Waals surface area contributed by atoms with Crippen LogP contribution in [0.25, 0.3) is 21.8 Å². The monoisotopic (exact) mass is 568 g/mol. The van der Waals surface area contributed by atoms with Crippen LogP contribution in [0.3, 0.4) is 0 Å². The predicted octanol–water partition coefficient (Wildman–Crippen LogP) is 6.51. The van der Waals surface area contributed by atoms with Crippen LogP contribution >= 0.6 is 11.3 Å². The SMILES string of the molecule is CC(C)c1nnc(-c2ccc(Oc3cc(-c4cc(C5CCN(C)CC5)ncn4)ccc3CN3CCCC3=O)cc2)s1. The standard InChI is InChI=1S/C32H36N6O2S/c1-21(2)31-35-36-32(41-31)23-8-10-26(11-9-23)40-29-17-24(6-7-25(29)19-38-14-4-5-30(38)39)28-18-27(33-20-34-28)22-12-15-37(3)16-13-22/h6-11,17-18,20-22H,4-5,12-16,19H2,1-3H3. The number of ether oxygens (including phenoxy) is 1. The molecular formula is C32H36N6O2S. The first-order valence-electron chi connectivity index (χ1n) is 14.5. The van der Waals surface area contributed by atoms with Gasteiger partial charge in [0.15, 0.2) is 0 Å². The van der Waals surface area contributed by atoms with Gasteiger partial charge < -0.3 is 14.5 Å². The average Bonchev–Trinajstić information content (AvgIpc) is 3.64. The maximum atomic E-state index is 12.4. The van der Waals surface area contributed by atoms with Crippen molar-refractivity contribution in [1.82, 2.24) is 30.0 Å². The number of amides is 1. The summed E-state index contributed by atoms with van der Waals surface area (Å²) in [6.07, 6.45) is 5.41. The van der Waals surface area contributed by atoms with Crippen molar-refractivity contribution in [2.24, 2.45) is 0 Å². The van der Waals surface area contributed by atoms with Gasteiger partial charge >= 0.3 is 0 Å². The maximum absolute atomic E-state index is 12.4. The second kappa shape index (κ2) is 12.0. The lowest BCUT2D eigenvalue weighted by Crippen LogP contribution is -2.29. The van der Waals surface area contributed by atoms with E-state index in [0.29, 0.717) is 24.8 Å². The van der Waals surface area contributed by atoms with Crippen molar-refractivity contribution in [1.29, 1.82) is 0 Å². The second-order valence-electron chi connectivity index (χ2n) is 11.4. The number of rotatable bonds is 8. The van der Waals surface area contributed by atoms with Crippen LogP contribution in [0.15, 0.2) is 54.9 Å². The summed E-state index contributed by atoms with van der Waals surface area (Å²) < 4.78 is 6.49. The molecule has 4 heterocycles. The molecule has 9 heteroatoms. The van der Waals surface area contributed by atoms with Gasteiger partial charge in [0.1, 0.15) is 27.8 Å². The molecule has 2 fully saturated rings. The topological polar surface area (TPSA) is 84.3 Å². The Balaban J connectivity index is 1.28.